The summed E-state index contributed by atoms with van der Waals surface area (Å²) in [6.45, 7) is 5.21. The van der Waals surface area contributed by atoms with E-state index < -0.39 is 5.82 Å². The molecule has 1 aromatic heterocycles. The molecule has 0 bridgehead atoms. The van der Waals surface area contributed by atoms with E-state index in [1.54, 1.807) is 23.1 Å². The Hall–Kier alpha value is -2.74. The summed E-state index contributed by atoms with van der Waals surface area (Å²) in [6, 6.07) is 6.21. The van der Waals surface area contributed by atoms with E-state index in [1.165, 1.54) is 18.6 Å². The zero-order valence-corrected chi connectivity index (χ0v) is 17.7. The van der Waals surface area contributed by atoms with Gasteiger partial charge in [-0.05, 0) is 62.7 Å². The molecule has 4 rings (SSSR count). The van der Waals surface area contributed by atoms with E-state index in [0.717, 1.165) is 45.3 Å². The van der Waals surface area contributed by atoms with Gasteiger partial charge in [-0.3, -0.25) is 9.59 Å². The molecule has 0 spiro atoms. The number of nitrogens with one attached hydrogen (secondary N) is 2. The minimum absolute atomic E-state index is 0.100. The van der Waals surface area contributed by atoms with Crippen LogP contribution in [0.2, 0.25) is 0 Å². The fourth-order valence-electron chi connectivity index (χ4n) is 4.57. The van der Waals surface area contributed by atoms with Gasteiger partial charge in [-0.2, -0.15) is 0 Å². The molecule has 0 atom stereocenters. The molecule has 0 unspecified atom stereocenters. The van der Waals surface area contributed by atoms with Crippen molar-refractivity contribution < 1.29 is 14.0 Å². The number of hydrogen-bond acceptors (Lipinski definition) is 4. The lowest BCUT2D eigenvalue weighted by molar-refractivity contribution is 0.0647. The van der Waals surface area contributed by atoms with Crippen molar-refractivity contribution in [3.63, 3.8) is 0 Å². The van der Waals surface area contributed by atoms with Crippen LogP contribution in [0.25, 0.3) is 0 Å². The summed E-state index contributed by atoms with van der Waals surface area (Å²) in [6.07, 6.45) is 7.11. The highest BCUT2D eigenvalue weighted by atomic mass is 19.1. The number of likely N-dealkylation sites (tertiary alicyclic amines) is 2. The van der Waals surface area contributed by atoms with E-state index in [9.17, 15) is 14.0 Å². The first kappa shape index (κ1) is 21.5. The molecule has 166 valence electrons. The summed E-state index contributed by atoms with van der Waals surface area (Å²) in [5.41, 5.74) is 0.667. The number of hydrogen-bond donors (Lipinski definition) is 2. The third kappa shape index (κ3) is 5.50. The van der Waals surface area contributed by atoms with Crippen LogP contribution in [0.4, 0.5) is 4.39 Å². The minimum Gasteiger partial charge on any atom is -0.350 e. The lowest BCUT2D eigenvalue weighted by Gasteiger charge is -2.37. The average molecular weight is 428 g/mol. The van der Waals surface area contributed by atoms with Gasteiger partial charge >= 0.3 is 0 Å². The monoisotopic (exact) mass is 427 g/mol. The van der Waals surface area contributed by atoms with Gasteiger partial charge in [0.1, 0.15) is 11.5 Å². The summed E-state index contributed by atoms with van der Waals surface area (Å²) in [4.78, 5) is 35.6. The summed E-state index contributed by atoms with van der Waals surface area (Å²) in [5.74, 6) is 0.328. The van der Waals surface area contributed by atoms with Crippen molar-refractivity contribution in [2.45, 2.75) is 25.7 Å². The molecule has 2 aromatic rings. The van der Waals surface area contributed by atoms with E-state index in [-0.39, 0.29) is 17.4 Å². The SMILES string of the molecule is O=C(NCC1CCN(CC2CCN(C(=O)c3ccccc3F)CC2)CC1)c1cnc[nH]1. The number of imidazole rings is 1. The van der Waals surface area contributed by atoms with Gasteiger partial charge in [0.25, 0.3) is 11.8 Å². The van der Waals surface area contributed by atoms with Gasteiger partial charge in [0, 0.05) is 26.2 Å². The first-order valence-electron chi connectivity index (χ1n) is 11.1. The van der Waals surface area contributed by atoms with Crippen molar-refractivity contribution >= 4 is 11.8 Å². The molecular weight excluding hydrogens is 397 g/mol. The summed E-state index contributed by atoms with van der Waals surface area (Å²) in [5, 5.41) is 2.99. The highest BCUT2D eigenvalue weighted by Gasteiger charge is 2.28. The van der Waals surface area contributed by atoms with Gasteiger partial charge < -0.3 is 20.1 Å². The Balaban J connectivity index is 1.15. The van der Waals surface area contributed by atoms with Crippen LogP contribution in [-0.2, 0) is 0 Å². The topological polar surface area (TPSA) is 81.3 Å². The van der Waals surface area contributed by atoms with Crippen LogP contribution in [0.3, 0.4) is 0 Å². The molecule has 0 aliphatic carbocycles. The van der Waals surface area contributed by atoms with Crippen molar-refractivity contribution in [3.8, 4) is 0 Å². The second-order valence-electron chi connectivity index (χ2n) is 8.63. The second-order valence-corrected chi connectivity index (χ2v) is 8.63. The lowest BCUT2D eigenvalue weighted by Crippen LogP contribution is -2.44. The van der Waals surface area contributed by atoms with Crippen LogP contribution in [0, 0.1) is 17.7 Å². The van der Waals surface area contributed by atoms with Crippen LogP contribution in [0.15, 0.2) is 36.8 Å². The van der Waals surface area contributed by atoms with Crippen LogP contribution in [0.1, 0.15) is 46.5 Å². The van der Waals surface area contributed by atoms with Gasteiger partial charge in [-0.15, -0.1) is 0 Å². The van der Waals surface area contributed by atoms with Crippen LogP contribution >= 0.6 is 0 Å². The number of carbonyl (C=O) groups is 2. The van der Waals surface area contributed by atoms with Gasteiger partial charge in [0.15, 0.2) is 0 Å². The van der Waals surface area contributed by atoms with Crippen LogP contribution in [-0.4, -0.2) is 70.9 Å². The number of H-pyrrole nitrogens is 1. The predicted octanol–water partition coefficient (Wildman–Crippen LogP) is 2.54. The molecule has 8 heteroatoms. The molecule has 7 nitrogen and oxygen atoms in total. The van der Waals surface area contributed by atoms with Crippen molar-refractivity contribution in [2.75, 3.05) is 39.3 Å². The molecule has 3 heterocycles. The summed E-state index contributed by atoms with van der Waals surface area (Å²) < 4.78 is 13.9. The number of halogens is 1. The van der Waals surface area contributed by atoms with E-state index >= 15 is 0 Å². The Labute approximate surface area is 182 Å². The van der Waals surface area contributed by atoms with Crippen LogP contribution < -0.4 is 5.32 Å². The molecule has 2 amide bonds. The molecular formula is C23H30FN5O2. The highest BCUT2D eigenvalue weighted by molar-refractivity contribution is 5.94. The van der Waals surface area contributed by atoms with Crippen molar-refractivity contribution in [3.05, 3.63) is 53.9 Å². The van der Waals surface area contributed by atoms with E-state index in [1.807, 2.05) is 0 Å². The summed E-state index contributed by atoms with van der Waals surface area (Å²) in [7, 11) is 0. The van der Waals surface area contributed by atoms with Crippen LogP contribution in [0.5, 0.6) is 0 Å². The lowest BCUT2D eigenvalue weighted by atomic mass is 9.92. The number of nitrogens with zero attached hydrogens (tertiary/aromatic N) is 3. The van der Waals surface area contributed by atoms with Crippen molar-refractivity contribution in [2.24, 2.45) is 11.8 Å². The molecule has 0 saturated carbocycles. The molecule has 1 aromatic carbocycles. The molecule has 0 radical (unpaired) electrons. The largest absolute Gasteiger partial charge is 0.350 e. The average Bonchev–Trinajstić information content (AvgIpc) is 3.34. The normalized spacial score (nSPS) is 18.8. The Bertz CT molecular complexity index is 872. The Morgan fingerprint density at radius 2 is 1.77 bits per heavy atom. The number of rotatable bonds is 6. The van der Waals surface area contributed by atoms with Gasteiger partial charge in [-0.25, -0.2) is 9.37 Å². The first-order chi connectivity index (χ1) is 15.1. The third-order valence-corrected chi connectivity index (χ3v) is 6.52. The summed E-state index contributed by atoms with van der Waals surface area (Å²) >= 11 is 0. The Morgan fingerprint density at radius 1 is 1.06 bits per heavy atom. The quantitative estimate of drug-likeness (QED) is 0.742. The maximum atomic E-state index is 13.9. The number of piperidine rings is 2. The maximum Gasteiger partial charge on any atom is 0.269 e. The number of amides is 2. The molecule has 2 aliphatic heterocycles. The van der Waals surface area contributed by atoms with Gasteiger partial charge in [0.2, 0.25) is 0 Å². The number of aromatic amines is 1. The predicted molar refractivity (Wildman–Crippen MR) is 115 cm³/mol. The fourth-order valence-corrected chi connectivity index (χ4v) is 4.57. The minimum atomic E-state index is -0.446. The number of carbonyl (C=O) groups excluding carboxylic acids is 2. The molecule has 2 saturated heterocycles. The van der Waals surface area contributed by atoms with E-state index in [0.29, 0.717) is 37.2 Å². The number of benzene rings is 1. The molecule has 2 fully saturated rings. The fraction of sp³-hybridized carbons (Fsp3) is 0.522. The molecule has 31 heavy (non-hydrogen) atoms. The standard InChI is InChI=1S/C23H30FN5O2/c24-20-4-2-1-3-19(20)23(31)29-11-7-18(8-12-29)15-28-9-5-17(6-10-28)13-26-22(30)21-14-25-16-27-21/h1-4,14,16-18H,5-13,15H2,(H,25,27)(H,26,30). The zero-order valence-electron chi connectivity index (χ0n) is 17.7. The second kappa shape index (κ2) is 10.0. The van der Waals surface area contributed by atoms with Crippen molar-refractivity contribution in [1.29, 1.82) is 0 Å². The van der Waals surface area contributed by atoms with E-state index in [4.69, 9.17) is 0 Å². The third-order valence-electron chi connectivity index (χ3n) is 6.52. The molecule has 2 aliphatic rings. The zero-order chi connectivity index (χ0) is 21.6. The Morgan fingerprint density at radius 3 is 2.45 bits per heavy atom. The first-order valence-corrected chi connectivity index (χ1v) is 11.1. The van der Waals surface area contributed by atoms with Crippen molar-refractivity contribution in [1.82, 2.24) is 25.1 Å². The van der Waals surface area contributed by atoms with E-state index in [2.05, 4.69) is 20.2 Å². The maximum absolute atomic E-state index is 13.9. The van der Waals surface area contributed by atoms with Gasteiger partial charge in [-0.1, -0.05) is 12.1 Å². The Kier molecular flexibility index (Phi) is 6.96. The highest BCUT2D eigenvalue weighted by Crippen LogP contribution is 2.24. The smallest absolute Gasteiger partial charge is 0.269 e. The number of aromatic nitrogens is 2. The molecule has 2 N–H and O–H groups in total. The van der Waals surface area contributed by atoms with Gasteiger partial charge in [0.05, 0.1) is 18.1 Å².